The maximum absolute atomic E-state index is 5.69. The smallest absolute Gasteiger partial charge is 0.228 e. The minimum Gasteiger partial charge on any atom is -0.339 e. The lowest BCUT2D eigenvalue weighted by Gasteiger charge is -2.25. The van der Waals surface area contributed by atoms with Crippen molar-refractivity contribution in [3.8, 4) is 0 Å². The van der Waals surface area contributed by atoms with Crippen molar-refractivity contribution in [1.82, 2.24) is 15.0 Å². The van der Waals surface area contributed by atoms with Gasteiger partial charge in [0.05, 0.1) is 0 Å². The fourth-order valence-corrected chi connectivity index (χ4v) is 2.19. The summed E-state index contributed by atoms with van der Waals surface area (Å²) in [6.07, 6.45) is 5.56. The van der Waals surface area contributed by atoms with E-state index in [9.17, 15) is 0 Å². The Morgan fingerprint density at radius 2 is 2.12 bits per heavy atom. The Morgan fingerprint density at radius 1 is 1.35 bits per heavy atom. The highest BCUT2D eigenvalue weighted by Gasteiger charge is 2.12. The van der Waals surface area contributed by atoms with Crippen LogP contribution >= 0.6 is 0 Å². The minimum absolute atomic E-state index is 0.0744. The molecule has 1 aromatic rings. The summed E-state index contributed by atoms with van der Waals surface area (Å²) in [5, 5.41) is 3.99. The lowest BCUT2D eigenvalue weighted by molar-refractivity contribution is 0.229. The molecule has 0 saturated carbocycles. The molecule has 0 aromatic carbocycles. The SMILES string of the molecule is CC(N)Cc1nc(CCN2CCCCC2)no1. The van der Waals surface area contributed by atoms with Crippen molar-refractivity contribution in [3.63, 3.8) is 0 Å². The molecule has 5 heteroatoms. The molecule has 1 saturated heterocycles. The molecule has 96 valence electrons. The van der Waals surface area contributed by atoms with Crippen LogP contribution in [-0.2, 0) is 12.8 Å². The lowest BCUT2D eigenvalue weighted by atomic mass is 10.1. The van der Waals surface area contributed by atoms with Crippen LogP contribution in [0.15, 0.2) is 4.52 Å². The number of nitrogens with zero attached hydrogens (tertiary/aromatic N) is 3. The highest BCUT2D eigenvalue weighted by molar-refractivity contribution is 4.89. The van der Waals surface area contributed by atoms with E-state index in [4.69, 9.17) is 10.3 Å². The van der Waals surface area contributed by atoms with Gasteiger partial charge < -0.3 is 15.2 Å². The van der Waals surface area contributed by atoms with E-state index in [0.717, 1.165) is 18.8 Å². The van der Waals surface area contributed by atoms with Gasteiger partial charge in [0, 0.05) is 25.4 Å². The Labute approximate surface area is 102 Å². The van der Waals surface area contributed by atoms with Crippen LogP contribution in [-0.4, -0.2) is 40.7 Å². The van der Waals surface area contributed by atoms with E-state index in [1.807, 2.05) is 6.92 Å². The molecule has 1 unspecified atom stereocenters. The molecule has 0 bridgehead atoms. The first-order valence-corrected chi connectivity index (χ1v) is 6.53. The normalized spacial score (nSPS) is 19.4. The highest BCUT2D eigenvalue weighted by Crippen LogP contribution is 2.09. The van der Waals surface area contributed by atoms with Crippen LogP contribution in [0.4, 0.5) is 0 Å². The number of aromatic nitrogens is 2. The van der Waals surface area contributed by atoms with Crippen molar-refractivity contribution < 1.29 is 4.52 Å². The van der Waals surface area contributed by atoms with E-state index < -0.39 is 0 Å². The molecule has 0 spiro atoms. The molecular formula is C12H22N4O. The van der Waals surface area contributed by atoms with E-state index >= 15 is 0 Å². The fourth-order valence-electron chi connectivity index (χ4n) is 2.19. The van der Waals surface area contributed by atoms with Gasteiger partial charge in [-0.05, 0) is 32.9 Å². The molecule has 17 heavy (non-hydrogen) atoms. The summed E-state index contributed by atoms with van der Waals surface area (Å²) >= 11 is 0. The van der Waals surface area contributed by atoms with E-state index in [0.29, 0.717) is 12.3 Å². The van der Waals surface area contributed by atoms with Crippen molar-refractivity contribution in [2.45, 2.75) is 45.1 Å². The molecule has 2 N–H and O–H groups in total. The summed E-state index contributed by atoms with van der Waals surface area (Å²) in [5.41, 5.74) is 5.69. The number of hydrogen-bond donors (Lipinski definition) is 1. The second kappa shape index (κ2) is 6.12. The van der Waals surface area contributed by atoms with Crippen LogP contribution in [0.3, 0.4) is 0 Å². The van der Waals surface area contributed by atoms with Crippen LogP contribution in [0.25, 0.3) is 0 Å². The molecule has 0 radical (unpaired) electrons. The van der Waals surface area contributed by atoms with E-state index in [-0.39, 0.29) is 6.04 Å². The second-order valence-electron chi connectivity index (χ2n) is 4.94. The molecule has 5 nitrogen and oxygen atoms in total. The summed E-state index contributed by atoms with van der Waals surface area (Å²) < 4.78 is 5.16. The fraction of sp³-hybridized carbons (Fsp3) is 0.833. The molecule has 2 rings (SSSR count). The van der Waals surface area contributed by atoms with E-state index in [1.165, 1.54) is 32.4 Å². The van der Waals surface area contributed by atoms with Crippen molar-refractivity contribution in [1.29, 1.82) is 0 Å². The maximum Gasteiger partial charge on any atom is 0.228 e. The first-order chi connectivity index (χ1) is 8.24. The first kappa shape index (κ1) is 12.5. The molecule has 1 aliphatic rings. The van der Waals surface area contributed by atoms with Gasteiger partial charge in [-0.25, -0.2) is 0 Å². The summed E-state index contributed by atoms with van der Waals surface area (Å²) in [6.45, 7) is 5.41. The monoisotopic (exact) mass is 238 g/mol. The topological polar surface area (TPSA) is 68.2 Å². The minimum atomic E-state index is 0.0744. The van der Waals surface area contributed by atoms with Crippen molar-refractivity contribution >= 4 is 0 Å². The summed E-state index contributed by atoms with van der Waals surface area (Å²) in [4.78, 5) is 6.83. The molecule has 2 heterocycles. The standard InChI is InChI=1S/C12H22N4O/c1-10(13)9-12-14-11(15-17-12)5-8-16-6-3-2-4-7-16/h10H,2-9,13H2,1H3. The van der Waals surface area contributed by atoms with Crippen molar-refractivity contribution in [2.75, 3.05) is 19.6 Å². The molecular weight excluding hydrogens is 216 g/mol. The number of hydrogen-bond acceptors (Lipinski definition) is 5. The molecule has 1 atom stereocenters. The Bertz CT molecular complexity index is 331. The summed E-state index contributed by atoms with van der Waals surface area (Å²) in [6, 6.07) is 0.0744. The second-order valence-corrected chi connectivity index (χ2v) is 4.94. The van der Waals surface area contributed by atoms with Crippen LogP contribution in [0.1, 0.15) is 37.9 Å². The van der Waals surface area contributed by atoms with E-state index in [1.54, 1.807) is 0 Å². The zero-order valence-electron chi connectivity index (χ0n) is 10.6. The number of rotatable bonds is 5. The van der Waals surface area contributed by atoms with Gasteiger partial charge in [0.1, 0.15) is 0 Å². The third-order valence-corrected chi connectivity index (χ3v) is 3.11. The molecule has 0 amide bonds. The highest BCUT2D eigenvalue weighted by atomic mass is 16.5. The van der Waals surface area contributed by atoms with Crippen LogP contribution in [0, 0.1) is 0 Å². The van der Waals surface area contributed by atoms with Gasteiger partial charge in [-0.15, -0.1) is 0 Å². The predicted octanol–water partition coefficient (Wildman–Crippen LogP) is 0.988. The zero-order chi connectivity index (χ0) is 12.1. The van der Waals surface area contributed by atoms with Gasteiger partial charge in [-0.1, -0.05) is 11.6 Å². The average Bonchev–Trinajstić information content (AvgIpc) is 2.75. The zero-order valence-corrected chi connectivity index (χ0v) is 10.6. The number of likely N-dealkylation sites (tertiary alicyclic amines) is 1. The third kappa shape index (κ3) is 4.09. The van der Waals surface area contributed by atoms with Crippen molar-refractivity contribution in [2.24, 2.45) is 5.73 Å². The van der Waals surface area contributed by atoms with Gasteiger partial charge in [0.15, 0.2) is 5.82 Å². The molecule has 1 fully saturated rings. The molecule has 1 aromatic heterocycles. The largest absolute Gasteiger partial charge is 0.339 e. The first-order valence-electron chi connectivity index (χ1n) is 6.53. The Morgan fingerprint density at radius 3 is 2.82 bits per heavy atom. The lowest BCUT2D eigenvalue weighted by Crippen LogP contribution is -2.31. The number of piperidine rings is 1. The Kier molecular flexibility index (Phi) is 4.50. The van der Waals surface area contributed by atoms with Crippen LogP contribution in [0.2, 0.25) is 0 Å². The van der Waals surface area contributed by atoms with E-state index in [2.05, 4.69) is 15.0 Å². The quantitative estimate of drug-likeness (QED) is 0.828. The Hall–Kier alpha value is -0.940. The summed E-state index contributed by atoms with van der Waals surface area (Å²) in [5.74, 6) is 1.47. The number of nitrogens with two attached hydrogens (primary N) is 1. The van der Waals surface area contributed by atoms with Crippen molar-refractivity contribution in [3.05, 3.63) is 11.7 Å². The summed E-state index contributed by atoms with van der Waals surface area (Å²) in [7, 11) is 0. The van der Waals surface area contributed by atoms with Gasteiger partial charge in [0.25, 0.3) is 0 Å². The molecule has 1 aliphatic heterocycles. The van der Waals surface area contributed by atoms with Gasteiger partial charge in [-0.2, -0.15) is 4.98 Å². The van der Waals surface area contributed by atoms with Crippen LogP contribution < -0.4 is 5.73 Å². The maximum atomic E-state index is 5.69. The Balaban J connectivity index is 1.76. The van der Waals surface area contributed by atoms with Gasteiger partial charge >= 0.3 is 0 Å². The van der Waals surface area contributed by atoms with Gasteiger partial charge in [0.2, 0.25) is 5.89 Å². The van der Waals surface area contributed by atoms with Gasteiger partial charge in [-0.3, -0.25) is 0 Å². The average molecular weight is 238 g/mol. The third-order valence-electron chi connectivity index (χ3n) is 3.11. The molecule has 0 aliphatic carbocycles. The predicted molar refractivity (Wildman–Crippen MR) is 65.6 cm³/mol. The van der Waals surface area contributed by atoms with Crippen LogP contribution in [0.5, 0.6) is 0 Å².